The number of hydrogen-bond donors (Lipinski definition) is 1. The third-order valence-electron chi connectivity index (χ3n) is 4.33. The molecule has 0 saturated carbocycles. The van der Waals surface area contributed by atoms with Crippen molar-refractivity contribution in [3.8, 4) is 5.75 Å². The molecule has 1 unspecified atom stereocenters. The minimum atomic E-state index is 0.181. The fourth-order valence-corrected chi connectivity index (χ4v) is 2.89. The predicted octanol–water partition coefficient (Wildman–Crippen LogP) is 3.21. The van der Waals surface area contributed by atoms with Crippen molar-refractivity contribution in [2.75, 3.05) is 26.3 Å². The van der Waals surface area contributed by atoms with E-state index in [0.717, 1.165) is 25.3 Å². The van der Waals surface area contributed by atoms with Gasteiger partial charge in [-0.2, -0.15) is 0 Å². The Kier molecular flexibility index (Phi) is 5.65. The molecule has 2 rings (SSSR count). The van der Waals surface area contributed by atoms with Gasteiger partial charge in [-0.05, 0) is 42.5 Å². The fraction of sp³-hybridized carbons (Fsp3) is 0.667. The van der Waals surface area contributed by atoms with Gasteiger partial charge in [-0.15, -0.1) is 0 Å². The van der Waals surface area contributed by atoms with Crippen molar-refractivity contribution in [1.82, 2.24) is 4.90 Å². The third kappa shape index (κ3) is 4.72. The minimum Gasteiger partial charge on any atom is -0.492 e. The smallest absolute Gasteiger partial charge is 0.119 e. The van der Waals surface area contributed by atoms with Gasteiger partial charge < -0.3 is 9.84 Å². The standard InChI is InChI=1S/C18H29NO2/c1-18(2,3)15-7-9-17(10-8-15)21-13-12-19-11-5-4-6-16(19)14-20/h7-10,16,20H,4-6,11-14H2,1-3H3. The van der Waals surface area contributed by atoms with Gasteiger partial charge in [0.25, 0.3) is 0 Å². The van der Waals surface area contributed by atoms with E-state index in [4.69, 9.17) is 4.74 Å². The maximum absolute atomic E-state index is 9.40. The zero-order chi connectivity index (χ0) is 15.3. The molecule has 0 bridgehead atoms. The molecule has 0 aliphatic carbocycles. The van der Waals surface area contributed by atoms with Crippen molar-refractivity contribution in [2.45, 2.75) is 51.5 Å². The van der Waals surface area contributed by atoms with Gasteiger partial charge in [0.05, 0.1) is 6.61 Å². The first-order chi connectivity index (χ1) is 10.0. The first-order valence-corrected chi connectivity index (χ1v) is 8.09. The number of benzene rings is 1. The Labute approximate surface area is 128 Å². The summed E-state index contributed by atoms with van der Waals surface area (Å²) in [6.07, 6.45) is 3.57. The molecule has 1 aliphatic heterocycles. The largest absolute Gasteiger partial charge is 0.492 e. The van der Waals surface area contributed by atoms with Crippen LogP contribution < -0.4 is 4.74 Å². The fourth-order valence-electron chi connectivity index (χ4n) is 2.89. The summed E-state index contributed by atoms with van der Waals surface area (Å²) in [4.78, 5) is 2.35. The van der Waals surface area contributed by atoms with E-state index in [1.807, 2.05) is 0 Å². The van der Waals surface area contributed by atoms with Crippen LogP contribution >= 0.6 is 0 Å². The number of likely N-dealkylation sites (tertiary alicyclic amines) is 1. The van der Waals surface area contributed by atoms with E-state index in [2.05, 4.69) is 49.9 Å². The quantitative estimate of drug-likeness (QED) is 0.904. The molecule has 1 N–H and O–H groups in total. The van der Waals surface area contributed by atoms with Crippen LogP contribution in [0.2, 0.25) is 0 Å². The molecule has 1 aromatic carbocycles. The van der Waals surface area contributed by atoms with Crippen LogP contribution in [0.25, 0.3) is 0 Å². The average Bonchev–Trinajstić information content (AvgIpc) is 2.47. The lowest BCUT2D eigenvalue weighted by Crippen LogP contribution is -2.43. The SMILES string of the molecule is CC(C)(C)c1ccc(OCCN2CCCCC2CO)cc1. The second kappa shape index (κ2) is 7.28. The Bertz CT molecular complexity index is 422. The third-order valence-corrected chi connectivity index (χ3v) is 4.33. The summed E-state index contributed by atoms with van der Waals surface area (Å²) in [5.41, 5.74) is 1.51. The predicted molar refractivity (Wildman–Crippen MR) is 86.9 cm³/mol. The van der Waals surface area contributed by atoms with Crippen molar-refractivity contribution >= 4 is 0 Å². The molecule has 0 aromatic heterocycles. The number of piperidine rings is 1. The molecule has 1 heterocycles. The van der Waals surface area contributed by atoms with Crippen molar-refractivity contribution in [2.24, 2.45) is 0 Å². The molecular weight excluding hydrogens is 262 g/mol. The van der Waals surface area contributed by atoms with Crippen LogP contribution in [0.5, 0.6) is 5.75 Å². The molecule has 1 atom stereocenters. The lowest BCUT2D eigenvalue weighted by molar-refractivity contribution is 0.0773. The molecule has 0 radical (unpaired) electrons. The first kappa shape index (κ1) is 16.3. The van der Waals surface area contributed by atoms with Crippen LogP contribution in [0.1, 0.15) is 45.6 Å². The molecular formula is C18H29NO2. The van der Waals surface area contributed by atoms with Gasteiger partial charge in [-0.25, -0.2) is 0 Å². The molecule has 3 heteroatoms. The summed E-state index contributed by atoms with van der Waals surface area (Å²) in [5, 5.41) is 9.40. The average molecular weight is 291 g/mol. The summed E-state index contributed by atoms with van der Waals surface area (Å²) in [6, 6.07) is 8.73. The molecule has 0 amide bonds. The highest BCUT2D eigenvalue weighted by Gasteiger charge is 2.21. The van der Waals surface area contributed by atoms with Crippen LogP contribution in [0.3, 0.4) is 0 Å². The number of aliphatic hydroxyl groups excluding tert-OH is 1. The van der Waals surface area contributed by atoms with Gasteiger partial charge in [-0.1, -0.05) is 39.3 Å². The Morgan fingerprint density at radius 1 is 1.19 bits per heavy atom. The first-order valence-electron chi connectivity index (χ1n) is 8.09. The van der Waals surface area contributed by atoms with E-state index in [1.165, 1.54) is 18.4 Å². The van der Waals surface area contributed by atoms with E-state index >= 15 is 0 Å². The summed E-state index contributed by atoms with van der Waals surface area (Å²) in [5.74, 6) is 0.931. The van der Waals surface area contributed by atoms with Gasteiger partial charge >= 0.3 is 0 Å². The topological polar surface area (TPSA) is 32.7 Å². The lowest BCUT2D eigenvalue weighted by atomic mass is 9.87. The monoisotopic (exact) mass is 291 g/mol. The maximum Gasteiger partial charge on any atom is 0.119 e. The van der Waals surface area contributed by atoms with Crippen molar-refractivity contribution in [1.29, 1.82) is 0 Å². The van der Waals surface area contributed by atoms with Crippen LogP contribution in [-0.2, 0) is 5.41 Å². The summed E-state index contributed by atoms with van der Waals surface area (Å²) in [6.45, 7) is 9.58. The molecule has 3 nitrogen and oxygen atoms in total. The summed E-state index contributed by atoms with van der Waals surface area (Å²) < 4.78 is 5.85. The second-order valence-corrected chi connectivity index (χ2v) is 6.99. The van der Waals surface area contributed by atoms with E-state index < -0.39 is 0 Å². The number of hydrogen-bond acceptors (Lipinski definition) is 3. The van der Waals surface area contributed by atoms with Crippen molar-refractivity contribution in [3.63, 3.8) is 0 Å². The van der Waals surface area contributed by atoms with E-state index in [1.54, 1.807) is 0 Å². The Morgan fingerprint density at radius 3 is 2.52 bits per heavy atom. The molecule has 1 saturated heterocycles. The van der Waals surface area contributed by atoms with Crippen LogP contribution in [0.15, 0.2) is 24.3 Å². The molecule has 1 aliphatic rings. The molecule has 118 valence electrons. The van der Waals surface area contributed by atoms with E-state index in [-0.39, 0.29) is 12.0 Å². The number of nitrogens with zero attached hydrogens (tertiary/aromatic N) is 1. The van der Waals surface area contributed by atoms with Gasteiger partial charge in [0, 0.05) is 12.6 Å². The van der Waals surface area contributed by atoms with Gasteiger partial charge in [0.1, 0.15) is 12.4 Å². The lowest BCUT2D eigenvalue weighted by Gasteiger charge is -2.34. The number of rotatable bonds is 5. The highest BCUT2D eigenvalue weighted by molar-refractivity contribution is 5.31. The minimum absolute atomic E-state index is 0.181. The van der Waals surface area contributed by atoms with Crippen LogP contribution in [-0.4, -0.2) is 42.4 Å². The molecule has 1 fully saturated rings. The van der Waals surface area contributed by atoms with Crippen LogP contribution in [0, 0.1) is 0 Å². The highest BCUT2D eigenvalue weighted by Crippen LogP contribution is 2.24. The van der Waals surface area contributed by atoms with Gasteiger partial charge in [0.15, 0.2) is 0 Å². The highest BCUT2D eigenvalue weighted by atomic mass is 16.5. The summed E-state index contributed by atoms with van der Waals surface area (Å²) in [7, 11) is 0. The summed E-state index contributed by atoms with van der Waals surface area (Å²) >= 11 is 0. The Morgan fingerprint density at radius 2 is 1.90 bits per heavy atom. The van der Waals surface area contributed by atoms with E-state index in [0.29, 0.717) is 12.6 Å². The molecule has 1 aromatic rings. The van der Waals surface area contributed by atoms with E-state index in [9.17, 15) is 5.11 Å². The molecule has 0 spiro atoms. The second-order valence-electron chi connectivity index (χ2n) is 6.99. The number of aliphatic hydroxyl groups is 1. The van der Waals surface area contributed by atoms with Crippen molar-refractivity contribution in [3.05, 3.63) is 29.8 Å². The zero-order valence-electron chi connectivity index (χ0n) is 13.6. The van der Waals surface area contributed by atoms with Crippen molar-refractivity contribution < 1.29 is 9.84 Å². The number of ether oxygens (including phenoxy) is 1. The van der Waals surface area contributed by atoms with Gasteiger partial charge in [0.2, 0.25) is 0 Å². The Hall–Kier alpha value is -1.06. The van der Waals surface area contributed by atoms with Gasteiger partial charge in [-0.3, -0.25) is 4.90 Å². The molecule has 21 heavy (non-hydrogen) atoms. The maximum atomic E-state index is 9.40. The normalized spacial score (nSPS) is 20.5. The van der Waals surface area contributed by atoms with Crippen LogP contribution in [0.4, 0.5) is 0 Å². The zero-order valence-corrected chi connectivity index (χ0v) is 13.6. The Balaban J connectivity index is 1.80.